The van der Waals surface area contributed by atoms with Gasteiger partial charge in [-0.2, -0.15) is 0 Å². The highest BCUT2D eigenvalue weighted by molar-refractivity contribution is 7.21. The molecule has 138 valence electrons. The Labute approximate surface area is 160 Å². The standard InChI is InChI=1S/C20H20N4O2S/c21-17-8-7-12(11-23-17)20(26)24-9-3-4-13(24)10-15-14-5-1-2-6-16(14)27-18(15)19(22)25/h1-2,5-8,11,13H,3-4,9-10H2,(H2,21,23)(H2,22,25)/t13-/m1/s1. The van der Waals surface area contributed by atoms with Crippen molar-refractivity contribution in [1.82, 2.24) is 9.88 Å². The van der Waals surface area contributed by atoms with Crippen molar-refractivity contribution in [2.24, 2.45) is 5.73 Å². The molecule has 1 fully saturated rings. The van der Waals surface area contributed by atoms with Gasteiger partial charge in [0.15, 0.2) is 0 Å². The molecule has 4 N–H and O–H groups in total. The quantitative estimate of drug-likeness (QED) is 0.726. The van der Waals surface area contributed by atoms with Crippen LogP contribution in [0.2, 0.25) is 0 Å². The van der Waals surface area contributed by atoms with Gasteiger partial charge in [-0.3, -0.25) is 9.59 Å². The van der Waals surface area contributed by atoms with E-state index in [0.717, 1.165) is 28.5 Å². The van der Waals surface area contributed by atoms with E-state index in [1.54, 1.807) is 12.1 Å². The van der Waals surface area contributed by atoms with Crippen molar-refractivity contribution >= 4 is 39.1 Å². The number of hydrogen-bond donors (Lipinski definition) is 2. The molecule has 27 heavy (non-hydrogen) atoms. The molecule has 3 heterocycles. The van der Waals surface area contributed by atoms with E-state index in [4.69, 9.17) is 11.5 Å². The first-order valence-electron chi connectivity index (χ1n) is 8.87. The summed E-state index contributed by atoms with van der Waals surface area (Å²) in [6, 6.07) is 11.3. The van der Waals surface area contributed by atoms with Gasteiger partial charge in [0.1, 0.15) is 5.82 Å². The summed E-state index contributed by atoms with van der Waals surface area (Å²) < 4.78 is 1.04. The second-order valence-corrected chi connectivity index (χ2v) is 7.79. The highest BCUT2D eigenvalue weighted by Gasteiger charge is 2.31. The molecule has 6 nitrogen and oxygen atoms in total. The molecular weight excluding hydrogens is 360 g/mol. The lowest BCUT2D eigenvalue weighted by Crippen LogP contribution is -2.37. The van der Waals surface area contributed by atoms with Gasteiger partial charge in [0.05, 0.1) is 10.4 Å². The summed E-state index contributed by atoms with van der Waals surface area (Å²) in [6.07, 6.45) is 3.97. The Kier molecular flexibility index (Phi) is 4.53. The fraction of sp³-hybridized carbons (Fsp3) is 0.250. The number of primary amides is 1. The number of pyridine rings is 1. The lowest BCUT2D eigenvalue weighted by molar-refractivity contribution is 0.0736. The third-order valence-electron chi connectivity index (χ3n) is 5.03. The van der Waals surface area contributed by atoms with E-state index in [-0.39, 0.29) is 11.9 Å². The highest BCUT2D eigenvalue weighted by Crippen LogP contribution is 2.34. The summed E-state index contributed by atoms with van der Waals surface area (Å²) in [6.45, 7) is 0.696. The number of aromatic nitrogens is 1. The minimum atomic E-state index is -0.412. The summed E-state index contributed by atoms with van der Waals surface area (Å²) in [7, 11) is 0. The lowest BCUT2D eigenvalue weighted by Gasteiger charge is -2.25. The number of likely N-dealkylation sites (tertiary alicyclic amines) is 1. The second-order valence-electron chi connectivity index (χ2n) is 6.74. The fourth-order valence-corrected chi connectivity index (χ4v) is 4.83. The maximum absolute atomic E-state index is 12.9. The van der Waals surface area contributed by atoms with Crippen LogP contribution in [0.15, 0.2) is 42.6 Å². The molecule has 1 atom stereocenters. The van der Waals surface area contributed by atoms with Gasteiger partial charge >= 0.3 is 0 Å². The van der Waals surface area contributed by atoms with Crippen LogP contribution >= 0.6 is 11.3 Å². The SMILES string of the molecule is NC(=O)c1sc2ccccc2c1C[C@H]1CCCN1C(=O)c1ccc(N)nc1. The monoisotopic (exact) mass is 380 g/mol. The molecule has 2 amide bonds. The van der Waals surface area contributed by atoms with Crippen LogP contribution in [0.5, 0.6) is 0 Å². The smallest absolute Gasteiger partial charge is 0.259 e. The predicted octanol–water partition coefficient (Wildman–Crippen LogP) is 2.82. The normalized spacial score (nSPS) is 16.7. The van der Waals surface area contributed by atoms with Gasteiger partial charge in [-0.25, -0.2) is 4.98 Å². The zero-order valence-corrected chi connectivity index (χ0v) is 15.5. The zero-order chi connectivity index (χ0) is 19.0. The van der Waals surface area contributed by atoms with E-state index < -0.39 is 5.91 Å². The molecule has 1 aliphatic rings. The summed E-state index contributed by atoms with van der Waals surface area (Å²) in [5.74, 6) is -0.0738. The molecule has 1 aliphatic heterocycles. The molecule has 0 saturated carbocycles. The first kappa shape index (κ1) is 17.5. The average Bonchev–Trinajstić information content (AvgIpc) is 3.27. The number of fused-ring (bicyclic) bond motifs is 1. The summed E-state index contributed by atoms with van der Waals surface area (Å²) in [5, 5.41) is 1.05. The Balaban J connectivity index is 1.65. The molecular formula is C20H20N4O2S. The fourth-order valence-electron chi connectivity index (χ4n) is 3.75. The van der Waals surface area contributed by atoms with Crippen LogP contribution in [0.3, 0.4) is 0 Å². The molecule has 7 heteroatoms. The Hall–Kier alpha value is -2.93. The molecule has 0 spiro atoms. The van der Waals surface area contributed by atoms with Crippen molar-refractivity contribution in [1.29, 1.82) is 0 Å². The number of rotatable bonds is 4. The first-order valence-corrected chi connectivity index (χ1v) is 9.69. The number of nitrogen functional groups attached to an aromatic ring is 1. The van der Waals surface area contributed by atoms with Crippen LogP contribution in [0.1, 0.15) is 38.4 Å². The number of thiophene rings is 1. The van der Waals surface area contributed by atoms with Gasteiger partial charge in [-0.1, -0.05) is 18.2 Å². The molecule has 4 rings (SSSR count). The van der Waals surface area contributed by atoms with E-state index in [1.165, 1.54) is 17.5 Å². The van der Waals surface area contributed by atoms with E-state index in [0.29, 0.717) is 29.2 Å². The van der Waals surface area contributed by atoms with Crippen LogP contribution in [0.4, 0.5) is 5.82 Å². The summed E-state index contributed by atoms with van der Waals surface area (Å²) in [4.78, 5) is 31.4. The maximum Gasteiger partial charge on any atom is 0.259 e. The number of amides is 2. The average molecular weight is 380 g/mol. The minimum Gasteiger partial charge on any atom is -0.384 e. The van der Waals surface area contributed by atoms with Crippen molar-refractivity contribution in [3.8, 4) is 0 Å². The van der Waals surface area contributed by atoms with Crippen molar-refractivity contribution < 1.29 is 9.59 Å². The maximum atomic E-state index is 12.9. The third kappa shape index (κ3) is 3.26. The molecule has 1 saturated heterocycles. The van der Waals surface area contributed by atoms with Crippen LogP contribution in [0.25, 0.3) is 10.1 Å². The molecule has 0 aliphatic carbocycles. The van der Waals surface area contributed by atoms with Gasteiger partial charge in [-0.15, -0.1) is 11.3 Å². The number of nitrogens with two attached hydrogens (primary N) is 2. The van der Waals surface area contributed by atoms with Gasteiger partial charge in [0.25, 0.3) is 11.8 Å². The topological polar surface area (TPSA) is 102 Å². The van der Waals surface area contributed by atoms with Crippen molar-refractivity contribution in [3.63, 3.8) is 0 Å². The number of nitrogens with zero attached hydrogens (tertiary/aromatic N) is 2. The van der Waals surface area contributed by atoms with Crippen LogP contribution in [-0.2, 0) is 6.42 Å². The minimum absolute atomic E-state index is 0.0335. The van der Waals surface area contributed by atoms with Gasteiger partial charge in [0.2, 0.25) is 0 Å². The van der Waals surface area contributed by atoms with Crippen molar-refractivity contribution in [2.45, 2.75) is 25.3 Å². The van der Waals surface area contributed by atoms with E-state index >= 15 is 0 Å². The third-order valence-corrected chi connectivity index (χ3v) is 6.26. The Bertz CT molecular complexity index is 1010. The number of hydrogen-bond acceptors (Lipinski definition) is 5. The van der Waals surface area contributed by atoms with Crippen LogP contribution in [0, 0.1) is 0 Å². The van der Waals surface area contributed by atoms with Gasteiger partial charge in [0, 0.05) is 23.5 Å². The molecule has 0 bridgehead atoms. The van der Waals surface area contributed by atoms with Gasteiger partial charge in [-0.05, 0) is 48.4 Å². The largest absolute Gasteiger partial charge is 0.384 e. The number of carbonyl (C=O) groups excluding carboxylic acids is 2. The second kappa shape index (κ2) is 7.00. The molecule has 2 aromatic heterocycles. The van der Waals surface area contributed by atoms with E-state index in [1.807, 2.05) is 29.2 Å². The molecule has 0 unspecified atom stereocenters. The zero-order valence-electron chi connectivity index (χ0n) is 14.7. The number of carbonyl (C=O) groups is 2. The summed E-state index contributed by atoms with van der Waals surface area (Å²) >= 11 is 1.42. The van der Waals surface area contributed by atoms with Crippen LogP contribution < -0.4 is 11.5 Å². The predicted molar refractivity (Wildman–Crippen MR) is 107 cm³/mol. The van der Waals surface area contributed by atoms with E-state index in [2.05, 4.69) is 4.98 Å². The molecule has 0 radical (unpaired) electrons. The number of benzene rings is 1. The lowest BCUT2D eigenvalue weighted by atomic mass is 10.00. The molecule has 1 aromatic carbocycles. The Morgan fingerprint density at radius 1 is 1.22 bits per heavy atom. The first-order chi connectivity index (χ1) is 13.0. The van der Waals surface area contributed by atoms with Crippen molar-refractivity contribution in [3.05, 3.63) is 58.6 Å². The number of anilines is 1. The van der Waals surface area contributed by atoms with E-state index in [9.17, 15) is 9.59 Å². The summed E-state index contributed by atoms with van der Waals surface area (Å²) in [5.41, 5.74) is 12.7. The van der Waals surface area contributed by atoms with Gasteiger partial charge < -0.3 is 16.4 Å². The van der Waals surface area contributed by atoms with Crippen LogP contribution in [-0.4, -0.2) is 34.3 Å². The highest BCUT2D eigenvalue weighted by atomic mass is 32.1. The molecule has 3 aromatic rings. The Morgan fingerprint density at radius 2 is 2.04 bits per heavy atom. The Morgan fingerprint density at radius 3 is 2.78 bits per heavy atom. The van der Waals surface area contributed by atoms with Crippen molar-refractivity contribution in [2.75, 3.05) is 12.3 Å².